The van der Waals surface area contributed by atoms with Crippen molar-refractivity contribution in [3.8, 4) is 11.5 Å². The monoisotopic (exact) mass is 266 g/mol. The maximum Gasteiger partial charge on any atom is 0.124 e. The molecule has 0 spiro atoms. The average molecular weight is 266 g/mol. The van der Waals surface area contributed by atoms with Gasteiger partial charge in [-0.2, -0.15) is 0 Å². The van der Waals surface area contributed by atoms with Gasteiger partial charge in [0.2, 0.25) is 0 Å². The van der Waals surface area contributed by atoms with Crippen LogP contribution in [-0.4, -0.2) is 41.3 Å². The summed E-state index contributed by atoms with van der Waals surface area (Å²) in [6.07, 6.45) is 1.13. The molecule has 0 saturated carbocycles. The van der Waals surface area contributed by atoms with Crippen molar-refractivity contribution in [1.82, 2.24) is 10.2 Å². The zero-order chi connectivity index (χ0) is 14.4. The first-order valence-electron chi connectivity index (χ1n) is 6.91. The van der Waals surface area contributed by atoms with Gasteiger partial charge in [-0.3, -0.25) is 0 Å². The average Bonchev–Trinajstić information content (AvgIpc) is 2.37. The highest BCUT2D eigenvalue weighted by Gasteiger charge is 2.14. The fourth-order valence-corrected chi connectivity index (χ4v) is 2.08. The Morgan fingerprint density at radius 3 is 2.32 bits per heavy atom. The summed E-state index contributed by atoms with van der Waals surface area (Å²) in [6, 6.07) is 5.32. The van der Waals surface area contributed by atoms with Crippen molar-refractivity contribution >= 4 is 0 Å². The lowest BCUT2D eigenvalue weighted by molar-refractivity contribution is 0.248. The van der Waals surface area contributed by atoms with Gasteiger partial charge in [0.1, 0.15) is 11.5 Å². The first kappa shape index (κ1) is 15.8. The van der Waals surface area contributed by atoms with Gasteiger partial charge in [-0.05, 0) is 39.4 Å². The zero-order valence-corrected chi connectivity index (χ0v) is 12.3. The summed E-state index contributed by atoms with van der Waals surface area (Å²) >= 11 is 0. The predicted molar refractivity (Wildman–Crippen MR) is 78.6 cm³/mol. The zero-order valence-electron chi connectivity index (χ0n) is 12.3. The van der Waals surface area contributed by atoms with Gasteiger partial charge < -0.3 is 20.4 Å². The molecule has 1 aromatic rings. The fraction of sp³-hybridized carbons (Fsp3) is 0.600. The number of hydrogen-bond donors (Lipinski definition) is 3. The number of likely N-dealkylation sites (N-methyl/N-ethyl adjacent to an activating group) is 1. The standard InChI is InChI=1S/C15H26N2O2/c1-5-11(2)17(4)10-9-16-12(3)15-13(18)7-6-8-14(15)19/h6-8,11-12,16,18-19H,5,9-10H2,1-4H3. The number of nitrogens with one attached hydrogen (secondary N) is 1. The van der Waals surface area contributed by atoms with E-state index in [1.807, 2.05) is 6.92 Å². The van der Waals surface area contributed by atoms with Crippen LogP contribution in [0.5, 0.6) is 11.5 Å². The molecule has 0 aliphatic rings. The summed E-state index contributed by atoms with van der Waals surface area (Å²) in [6.45, 7) is 8.08. The Bertz CT molecular complexity index is 375. The smallest absolute Gasteiger partial charge is 0.124 e. The molecule has 1 aromatic carbocycles. The second-order valence-electron chi connectivity index (χ2n) is 5.12. The molecular weight excluding hydrogens is 240 g/mol. The van der Waals surface area contributed by atoms with Crippen LogP contribution >= 0.6 is 0 Å². The van der Waals surface area contributed by atoms with E-state index in [1.165, 1.54) is 0 Å². The second kappa shape index (κ2) is 7.36. The second-order valence-corrected chi connectivity index (χ2v) is 5.12. The summed E-state index contributed by atoms with van der Waals surface area (Å²) in [5, 5.41) is 22.9. The van der Waals surface area contributed by atoms with Gasteiger partial charge in [-0.25, -0.2) is 0 Å². The topological polar surface area (TPSA) is 55.7 Å². The van der Waals surface area contributed by atoms with Crippen LogP contribution in [0.4, 0.5) is 0 Å². The molecule has 108 valence electrons. The van der Waals surface area contributed by atoms with E-state index < -0.39 is 0 Å². The van der Waals surface area contributed by atoms with E-state index in [0.29, 0.717) is 11.6 Å². The van der Waals surface area contributed by atoms with Crippen molar-refractivity contribution in [2.45, 2.75) is 39.3 Å². The van der Waals surface area contributed by atoms with E-state index in [9.17, 15) is 10.2 Å². The quantitative estimate of drug-likeness (QED) is 0.709. The molecule has 0 aliphatic heterocycles. The van der Waals surface area contributed by atoms with Crippen molar-refractivity contribution in [1.29, 1.82) is 0 Å². The first-order valence-corrected chi connectivity index (χ1v) is 6.91. The first-order chi connectivity index (χ1) is 8.97. The molecule has 0 aromatic heterocycles. The van der Waals surface area contributed by atoms with Gasteiger partial charge in [0.15, 0.2) is 0 Å². The molecule has 3 N–H and O–H groups in total. The van der Waals surface area contributed by atoms with Crippen LogP contribution in [0, 0.1) is 0 Å². The summed E-state index contributed by atoms with van der Waals surface area (Å²) in [5.41, 5.74) is 0.564. The normalized spacial score (nSPS) is 14.6. The lowest BCUT2D eigenvalue weighted by atomic mass is 10.1. The number of nitrogens with zero attached hydrogens (tertiary/aromatic N) is 1. The number of rotatable bonds is 7. The summed E-state index contributed by atoms with van der Waals surface area (Å²) in [5.74, 6) is 0.269. The van der Waals surface area contributed by atoms with Gasteiger partial charge in [0, 0.05) is 25.2 Å². The molecule has 0 saturated heterocycles. The van der Waals surface area contributed by atoms with Gasteiger partial charge in [0.05, 0.1) is 5.56 Å². The van der Waals surface area contributed by atoms with Crippen LogP contribution in [0.1, 0.15) is 38.8 Å². The molecule has 4 heteroatoms. The molecule has 1 rings (SSSR count). The van der Waals surface area contributed by atoms with E-state index in [4.69, 9.17) is 0 Å². The maximum atomic E-state index is 9.79. The maximum absolute atomic E-state index is 9.79. The number of phenolic OH excluding ortho intramolecular Hbond substituents is 2. The van der Waals surface area contributed by atoms with Crippen LogP contribution in [0.15, 0.2) is 18.2 Å². The molecule has 4 nitrogen and oxygen atoms in total. The van der Waals surface area contributed by atoms with E-state index >= 15 is 0 Å². The van der Waals surface area contributed by atoms with Gasteiger partial charge >= 0.3 is 0 Å². The Hall–Kier alpha value is -1.26. The third kappa shape index (κ3) is 4.40. The van der Waals surface area contributed by atoms with Crippen LogP contribution in [-0.2, 0) is 0 Å². The molecule has 19 heavy (non-hydrogen) atoms. The van der Waals surface area contributed by atoms with Crippen molar-refractivity contribution in [3.63, 3.8) is 0 Å². The van der Waals surface area contributed by atoms with Gasteiger partial charge in [-0.1, -0.05) is 13.0 Å². The Balaban J connectivity index is 2.50. The van der Waals surface area contributed by atoms with Gasteiger partial charge in [0.25, 0.3) is 0 Å². The van der Waals surface area contributed by atoms with E-state index in [1.54, 1.807) is 18.2 Å². The van der Waals surface area contributed by atoms with Crippen LogP contribution in [0.3, 0.4) is 0 Å². The molecule has 0 bridgehead atoms. The van der Waals surface area contributed by atoms with E-state index in [0.717, 1.165) is 19.5 Å². The van der Waals surface area contributed by atoms with Gasteiger partial charge in [-0.15, -0.1) is 0 Å². The molecule has 2 atom stereocenters. The van der Waals surface area contributed by atoms with Crippen LogP contribution in [0.25, 0.3) is 0 Å². The van der Waals surface area contributed by atoms with Crippen molar-refractivity contribution in [2.75, 3.05) is 20.1 Å². The molecular formula is C15H26N2O2. The predicted octanol–water partition coefficient (Wildman–Crippen LogP) is 2.48. The Morgan fingerprint density at radius 1 is 1.21 bits per heavy atom. The van der Waals surface area contributed by atoms with E-state index in [-0.39, 0.29) is 17.5 Å². The lowest BCUT2D eigenvalue weighted by Crippen LogP contribution is -2.35. The molecule has 0 amide bonds. The molecule has 0 heterocycles. The highest BCUT2D eigenvalue weighted by molar-refractivity contribution is 5.44. The van der Waals surface area contributed by atoms with Crippen molar-refractivity contribution < 1.29 is 10.2 Å². The number of phenols is 2. The third-order valence-corrected chi connectivity index (χ3v) is 3.75. The summed E-state index contributed by atoms with van der Waals surface area (Å²) < 4.78 is 0. The number of aromatic hydroxyl groups is 2. The van der Waals surface area contributed by atoms with E-state index in [2.05, 4.69) is 31.1 Å². The van der Waals surface area contributed by atoms with Crippen molar-refractivity contribution in [2.24, 2.45) is 0 Å². The minimum absolute atomic E-state index is 0.0773. The summed E-state index contributed by atoms with van der Waals surface area (Å²) in [7, 11) is 2.11. The lowest BCUT2D eigenvalue weighted by Gasteiger charge is -2.25. The third-order valence-electron chi connectivity index (χ3n) is 3.75. The number of hydrogen-bond acceptors (Lipinski definition) is 4. The Morgan fingerprint density at radius 2 is 1.79 bits per heavy atom. The minimum atomic E-state index is -0.0773. The van der Waals surface area contributed by atoms with Crippen LogP contribution in [0.2, 0.25) is 0 Å². The Labute approximate surface area is 116 Å². The Kier molecular flexibility index (Phi) is 6.12. The summed E-state index contributed by atoms with van der Waals surface area (Å²) in [4.78, 5) is 2.30. The fourth-order valence-electron chi connectivity index (χ4n) is 2.08. The number of benzene rings is 1. The SMILES string of the molecule is CCC(C)N(C)CCNC(C)c1c(O)cccc1O. The highest BCUT2D eigenvalue weighted by atomic mass is 16.3. The van der Waals surface area contributed by atoms with Crippen LogP contribution < -0.4 is 5.32 Å². The highest BCUT2D eigenvalue weighted by Crippen LogP contribution is 2.31. The molecule has 0 radical (unpaired) electrons. The minimum Gasteiger partial charge on any atom is -0.507 e. The molecule has 2 unspecified atom stereocenters. The van der Waals surface area contributed by atoms with Crippen molar-refractivity contribution in [3.05, 3.63) is 23.8 Å². The largest absolute Gasteiger partial charge is 0.507 e. The molecule has 0 aliphatic carbocycles. The molecule has 0 fully saturated rings.